The molecule has 0 bridgehead atoms. The number of sulfonamides is 1. The van der Waals surface area contributed by atoms with Gasteiger partial charge in [0, 0.05) is 31.6 Å². The van der Waals surface area contributed by atoms with Gasteiger partial charge in [0.25, 0.3) is 5.69 Å². The van der Waals surface area contributed by atoms with Gasteiger partial charge in [-0.05, 0) is 36.2 Å². The molecule has 0 aromatic heterocycles. The predicted molar refractivity (Wildman–Crippen MR) is 158 cm³/mol. The second kappa shape index (κ2) is 14.3. The zero-order valence-electron chi connectivity index (χ0n) is 23.8. The maximum absolute atomic E-state index is 14.1. The molecule has 0 spiro atoms. The van der Waals surface area contributed by atoms with Crippen molar-refractivity contribution in [3.63, 3.8) is 0 Å². The minimum absolute atomic E-state index is 0.0164. The molecule has 3 aromatic carbocycles. The summed E-state index contributed by atoms with van der Waals surface area (Å²) in [6.07, 6.45) is 1.04. The van der Waals surface area contributed by atoms with Gasteiger partial charge in [-0.1, -0.05) is 42.5 Å². The molecule has 0 saturated heterocycles. The Hall–Kier alpha value is -4.65. The van der Waals surface area contributed by atoms with Crippen LogP contribution in [-0.4, -0.2) is 69.7 Å². The van der Waals surface area contributed by atoms with E-state index in [0.29, 0.717) is 17.9 Å². The van der Waals surface area contributed by atoms with Crippen LogP contribution in [0.25, 0.3) is 0 Å². The predicted octanol–water partition coefficient (Wildman–Crippen LogP) is 3.15. The summed E-state index contributed by atoms with van der Waals surface area (Å²) in [5.41, 5.74) is 0.868. The Morgan fingerprint density at radius 2 is 1.67 bits per heavy atom. The highest BCUT2D eigenvalue weighted by Crippen LogP contribution is 2.34. The van der Waals surface area contributed by atoms with Gasteiger partial charge < -0.3 is 19.7 Å². The van der Waals surface area contributed by atoms with E-state index in [1.54, 1.807) is 31.2 Å². The molecule has 224 valence electrons. The second-order valence-electron chi connectivity index (χ2n) is 9.36. The molecule has 3 aromatic rings. The van der Waals surface area contributed by atoms with E-state index in [-0.39, 0.29) is 30.1 Å². The average molecular weight is 599 g/mol. The van der Waals surface area contributed by atoms with Crippen LogP contribution in [0.1, 0.15) is 18.1 Å². The Labute approximate surface area is 245 Å². The minimum atomic E-state index is -4.16. The summed E-state index contributed by atoms with van der Waals surface area (Å²) in [7, 11) is -1.37. The molecule has 0 aliphatic heterocycles. The molecule has 0 heterocycles. The van der Waals surface area contributed by atoms with Gasteiger partial charge in [-0.15, -0.1) is 0 Å². The molecule has 1 N–H and O–H groups in total. The number of methoxy groups -OCH3 is 2. The van der Waals surface area contributed by atoms with E-state index in [9.17, 15) is 28.1 Å². The van der Waals surface area contributed by atoms with Gasteiger partial charge >= 0.3 is 0 Å². The number of hydrogen-bond donors (Lipinski definition) is 1. The first-order chi connectivity index (χ1) is 20.0. The molecule has 13 heteroatoms. The Bertz CT molecular complexity index is 1520. The van der Waals surface area contributed by atoms with Crippen LogP contribution in [0.3, 0.4) is 0 Å². The number of nitro benzene ring substituents is 1. The van der Waals surface area contributed by atoms with Crippen molar-refractivity contribution >= 4 is 33.2 Å². The highest BCUT2D eigenvalue weighted by atomic mass is 32.2. The molecule has 1 atom stereocenters. The zero-order valence-corrected chi connectivity index (χ0v) is 24.7. The smallest absolute Gasteiger partial charge is 0.271 e. The first kappa shape index (κ1) is 31.9. The number of likely N-dealkylation sites (N-methyl/N-ethyl adjacent to an activating group) is 1. The molecule has 12 nitrogen and oxygen atoms in total. The first-order valence-electron chi connectivity index (χ1n) is 13.0. The highest BCUT2D eigenvalue weighted by Gasteiger charge is 2.34. The van der Waals surface area contributed by atoms with Crippen LogP contribution in [0.15, 0.2) is 72.8 Å². The first-order valence-corrected chi connectivity index (χ1v) is 14.9. The molecule has 0 aliphatic rings. The second-order valence-corrected chi connectivity index (χ2v) is 11.3. The van der Waals surface area contributed by atoms with Crippen molar-refractivity contribution in [2.24, 2.45) is 0 Å². The summed E-state index contributed by atoms with van der Waals surface area (Å²) >= 11 is 0. The standard InChI is InChI=1S/C29H34N4O8S/c1-5-30-29(35)26(17-21-10-7-6-8-11-21)31(19-22-12-9-13-24(16-22)40-2)28(34)20-32(42(4,38)39)25-18-23(33(36)37)14-15-27(25)41-3/h6-16,18,26H,5,17,19-20H2,1-4H3,(H,30,35). The van der Waals surface area contributed by atoms with Gasteiger partial charge in [0.1, 0.15) is 29.8 Å². The number of nitrogens with zero attached hydrogens (tertiary/aromatic N) is 3. The van der Waals surface area contributed by atoms with Crippen molar-refractivity contribution in [3.8, 4) is 11.5 Å². The number of carbonyl (C=O) groups excluding carboxylic acids is 2. The number of rotatable bonds is 14. The van der Waals surface area contributed by atoms with Crippen LogP contribution in [0, 0.1) is 10.1 Å². The van der Waals surface area contributed by atoms with Crippen molar-refractivity contribution in [2.45, 2.75) is 25.9 Å². The molecular weight excluding hydrogens is 564 g/mol. The van der Waals surface area contributed by atoms with Gasteiger partial charge in [0.05, 0.1) is 25.4 Å². The van der Waals surface area contributed by atoms with E-state index < -0.39 is 39.3 Å². The van der Waals surface area contributed by atoms with E-state index in [1.165, 1.54) is 31.3 Å². The summed E-state index contributed by atoms with van der Waals surface area (Å²) in [5.74, 6) is -0.570. The Morgan fingerprint density at radius 3 is 2.26 bits per heavy atom. The van der Waals surface area contributed by atoms with E-state index >= 15 is 0 Å². The molecule has 0 saturated carbocycles. The quantitative estimate of drug-likeness (QED) is 0.220. The van der Waals surface area contributed by atoms with Crippen LogP contribution in [-0.2, 0) is 32.6 Å². The number of benzene rings is 3. The Morgan fingerprint density at radius 1 is 0.976 bits per heavy atom. The van der Waals surface area contributed by atoms with Crippen molar-refractivity contribution < 1.29 is 32.4 Å². The van der Waals surface area contributed by atoms with Gasteiger partial charge in [-0.2, -0.15) is 0 Å². The number of anilines is 1. The number of nitrogens with one attached hydrogen (secondary N) is 1. The number of non-ortho nitro benzene ring substituents is 1. The molecule has 0 aliphatic carbocycles. The van der Waals surface area contributed by atoms with E-state index in [2.05, 4.69) is 5.32 Å². The topological polar surface area (TPSA) is 148 Å². The average Bonchev–Trinajstić information content (AvgIpc) is 2.97. The molecule has 42 heavy (non-hydrogen) atoms. The fraction of sp³-hybridized carbons (Fsp3) is 0.310. The maximum Gasteiger partial charge on any atom is 0.271 e. The zero-order chi connectivity index (χ0) is 30.9. The third-order valence-electron chi connectivity index (χ3n) is 6.43. The fourth-order valence-electron chi connectivity index (χ4n) is 4.40. The number of nitro groups is 1. The molecule has 1 unspecified atom stereocenters. The SMILES string of the molecule is CCNC(=O)C(Cc1ccccc1)N(Cc1cccc(OC)c1)C(=O)CN(c1cc([N+](=O)[O-])ccc1OC)S(C)(=O)=O. The summed E-state index contributed by atoms with van der Waals surface area (Å²) in [4.78, 5) is 39.7. The maximum atomic E-state index is 14.1. The van der Waals surface area contributed by atoms with Gasteiger partial charge in [-0.25, -0.2) is 8.42 Å². The van der Waals surface area contributed by atoms with Crippen LogP contribution in [0.5, 0.6) is 11.5 Å². The fourth-order valence-corrected chi connectivity index (χ4v) is 5.24. The number of amides is 2. The summed E-state index contributed by atoms with van der Waals surface area (Å²) in [6, 6.07) is 18.5. The normalized spacial score (nSPS) is 11.7. The van der Waals surface area contributed by atoms with E-state index in [1.807, 2.05) is 30.3 Å². The third kappa shape index (κ3) is 8.19. The van der Waals surface area contributed by atoms with Crippen molar-refractivity contribution in [1.82, 2.24) is 10.2 Å². The molecular formula is C29H34N4O8S. The molecule has 3 rings (SSSR count). The summed E-state index contributed by atoms with van der Waals surface area (Å²) in [6.45, 7) is 1.27. The van der Waals surface area contributed by atoms with Crippen molar-refractivity contribution in [1.29, 1.82) is 0 Å². The van der Waals surface area contributed by atoms with Crippen molar-refractivity contribution in [2.75, 3.05) is 37.9 Å². The Balaban J connectivity index is 2.12. The molecule has 0 fully saturated rings. The van der Waals surface area contributed by atoms with Crippen LogP contribution >= 0.6 is 0 Å². The third-order valence-corrected chi connectivity index (χ3v) is 7.56. The highest BCUT2D eigenvalue weighted by molar-refractivity contribution is 7.92. The van der Waals surface area contributed by atoms with Crippen LogP contribution < -0.4 is 19.1 Å². The molecule has 0 radical (unpaired) electrons. The van der Waals surface area contributed by atoms with Gasteiger partial charge in [-0.3, -0.25) is 24.0 Å². The largest absolute Gasteiger partial charge is 0.497 e. The Kier molecular flexibility index (Phi) is 10.9. The number of carbonyl (C=O) groups is 2. The monoisotopic (exact) mass is 598 g/mol. The van der Waals surface area contributed by atoms with Crippen LogP contribution in [0.2, 0.25) is 0 Å². The summed E-state index contributed by atoms with van der Waals surface area (Å²) in [5, 5.41) is 14.3. The minimum Gasteiger partial charge on any atom is -0.497 e. The lowest BCUT2D eigenvalue weighted by Gasteiger charge is -2.33. The van der Waals surface area contributed by atoms with Gasteiger partial charge in [0.2, 0.25) is 21.8 Å². The van der Waals surface area contributed by atoms with Crippen LogP contribution in [0.4, 0.5) is 11.4 Å². The van der Waals surface area contributed by atoms with E-state index in [4.69, 9.17) is 9.47 Å². The molecule has 2 amide bonds. The van der Waals surface area contributed by atoms with Gasteiger partial charge in [0.15, 0.2) is 0 Å². The lowest BCUT2D eigenvalue weighted by Crippen LogP contribution is -2.53. The number of hydrogen-bond acceptors (Lipinski definition) is 8. The lowest BCUT2D eigenvalue weighted by atomic mass is 10.0. The summed E-state index contributed by atoms with van der Waals surface area (Å²) < 4.78 is 37.4. The van der Waals surface area contributed by atoms with E-state index in [0.717, 1.165) is 22.2 Å². The number of ether oxygens (including phenoxy) is 2. The lowest BCUT2D eigenvalue weighted by molar-refractivity contribution is -0.384. The van der Waals surface area contributed by atoms with Crippen molar-refractivity contribution in [3.05, 3.63) is 94.0 Å².